The molecular formula is C23H30N2O5S. The highest BCUT2D eigenvalue weighted by atomic mass is 32.2. The first-order valence-electron chi connectivity index (χ1n) is 10.6. The van der Waals surface area contributed by atoms with Crippen LogP contribution in [0.25, 0.3) is 0 Å². The topological polar surface area (TPSA) is 68.3 Å². The summed E-state index contributed by atoms with van der Waals surface area (Å²) in [6, 6.07) is 15.3. The van der Waals surface area contributed by atoms with Crippen molar-refractivity contribution in [2.75, 3.05) is 47.1 Å². The Kier molecular flexibility index (Phi) is 6.81. The van der Waals surface area contributed by atoms with E-state index < -0.39 is 10.0 Å². The fraction of sp³-hybridized carbons (Fsp3) is 0.478. The lowest BCUT2D eigenvalue weighted by Crippen LogP contribution is -2.54. The van der Waals surface area contributed by atoms with Crippen LogP contribution in [-0.2, 0) is 21.3 Å². The van der Waals surface area contributed by atoms with E-state index in [1.807, 2.05) is 18.2 Å². The van der Waals surface area contributed by atoms with Crippen molar-refractivity contribution in [2.45, 2.75) is 23.9 Å². The molecule has 168 valence electrons. The van der Waals surface area contributed by atoms with Crippen LogP contribution in [0.5, 0.6) is 11.5 Å². The second-order valence-electron chi connectivity index (χ2n) is 8.03. The molecule has 7 nitrogen and oxygen atoms in total. The molecule has 0 saturated carbocycles. The Morgan fingerprint density at radius 1 is 1.06 bits per heavy atom. The van der Waals surface area contributed by atoms with E-state index >= 15 is 0 Å². The van der Waals surface area contributed by atoms with Crippen LogP contribution in [0.15, 0.2) is 53.4 Å². The van der Waals surface area contributed by atoms with Gasteiger partial charge in [-0.05, 0) is 24.1 Å². The SMILES string of the molecule is COc1ccc(OC)c(S(=O)(=O)N2CCC3COCCN(Cc4ccccc4)C3C2)c1. The van der Waals surface area contributed by atoms with Gasteiger partial charge >= 0.3 is 0 Å². The van der Waals surface area contributed by atoms with Gasteiger partial charge in [-0.25, -0.2) is 8.42 Å². The van der Waals surface area contributed by atoms with Gasteiger partial charge in [0.15, 0.2) is 0 Å². The third-order valence-electron chi connectivity index (χ3n) is 6.23. The van der Waals surface area contributed by atoms with Gasteiger partial charge in [-0.3, -0.25) is 4.90 Å². The second kappa shape index (κ2) is 9.56. The summed E-state index contributed by atoms with van der Waals surface area (Å²) in [5.41, 5.74) is 1.22. The maximum atomic E-state index is 13.6. The molecule has 2 aliphatic rings. The van der Waals surface area contributed by atoms with Gasteiger partial charge in [-0.2, -0.15) is 4.31 Å². The van der Waals surface area contributed by atoms with Gasteiger partial charge in [0.05, 0.1) is 27.4 Å². The van der Waals surface area contributed by atoms with Crippen LogP contribution >= 0.6 is 0 Å². The lowest BCUT2D eigenvalue weighted by atomic mass is 9.92. The van der Waals surface area contributed by atoms with Crippen molar-refractivity contribution in [2.24, 2.45) is 5.92 Å². The molecule has 31 heavy (non-hydrogen) atoms. The minimum absolute atomic E-state index is 0.0998. The Labute approximate surface area is 184 Å². The molecule has 0 bridgehead atoms. The van der Waals surface area contributed by atoms with Gasteiger partial charge in [-0.15, -0.1) is 0 Å². The van der Waals surface area contributed by atoms with Crippen molar-refractivity contribution >= 4 is 10.0 Å². The number of fused-ring (bicyclic) bond motifs is 1. The zero-order chi connectivity index (χ0) is 21.8. The molecule has 2 heterocycles. The molecule has 0 radical (unpaired) electrons. The molecule has 0 amide bonds. The summed E-state index contributed by atoms with van der Waals surface area (Å²) in [4.78, 5) is 2.52. The summed E-state index contributed by atoms with van der Waals surface area (Å²) in [6.45, 7) is 3.80. The molecule has 0 aromatic heterocycles. The molecule has 2 aromatic carbocycles. The molecule has 2 aliphatic heterocycles. The summed E-state index contributed by atoms with van der Waals surface area (Å²) >= 11 is 0. The summed E-state index contributed by atoms with van der Waals surface area (Å²) in [6.07, 6.45) is 0.765. The third kappa shape index (κ3) is 4.72. The Balaban J connectivity index is 1.61. The van der Waals surface area contributed by atoms with Crippen LogP contribution in [0.2, 0.25) is 0 Å². The number of ether oxygens (including phenoxy) is 3. The Bertz CT molecular complexity index is 983. The van der Waals surface area contributed by atoms with E-state index in [0.29, 0.717) is 43.7 Å². The van der Waals surface area contributed by atoms with E-state index in [-0.39, 0.29) is 10.9 Å². The van der Waals surface area contributed by atoms with E-state index in [1.54, 1.807) is 16.4 Å². The fourth-order valence-corrected chi connectivity index (χ4v) is 6.14. The van der Waals surface area contributed by atoms with Crippen molar-refractivity contribution in [3.8, 4) is 11.5 Å². The van der Waals surface area contributed by atoms with Crippen molar-refractivity contribution < 1.29 is 22.6 Å². The number of hydrogen-bond acceptors (Lipinski definition) is 6. The lowest BCUT2D eigenvalue weighted by molar-refractivity contribution is 0.0766. The van der Waals surface area contributed by atoms with Gasteiger partial charge in [0.1, 0.15) is 16.4 Å². The number of rotatable bonds is 6. The van der Waals surface area contributed by atoms with Crippen LogP contribution in [-0.4, -0.2) is 70.7 Å². The van der Waals surface area contributed by atoms with Gasteiger partial charge in [0.25, 0.3) is 0 Å². The lowest BCUT2D eigenvalue weighted by Gasteiger charge is -2.42. The number of hydrogen-bond donors (Lipinski definition) is 0. The molecule has 0 N–H and O–H groups in total. The van der Waals surface area contributed by atoms with Crippen LogP contribution in [0.1, 0.15) is 12.0 Å². The number of nitrogens with zero attached hydrogens (tertiary/aromatic N) is 2. The van der Waals surface area contributed by atoms with Crippen molar-refractivity contribution in [1.29, 1.82) is 0 Å². The minimum Gasteiger partial charge on any atom is -0.497 e. The largest absolute Gasteiger partial charge is 0.497 e. The highest BCUT2D eigenvalue weighted by Crippen LogP contribution is 2.34. The van der Waals surface area contributed by atoms with Gasteiger partial charge in [0.2, 0.25) is 10.0 Å². The maximum Gasteiger partial charge on any atom is 0.246 e. The first kappa shape index (κ1) is 22.1. The van der Waals surface area contributed by atoms with Crippen LogP contribution in [0.4, 0.5) is 0 Å². The molecule has 0 spiro atoms. The first-order valence-corrected chi connectivity index (χ1v) is 12.0. The number of benzene rings is 2. The van der Waals surface area contributed by atoms with E-state index in [9.17, 15) is 8.42 Å². The maximum absolute atomic E-state index is 13.6. The minimum atomic E-state index is -3.74. The predicted molar refractivity (Wildman–Crippen MR) is 118 cm³/mol. The van der Waals surface area contributed by atoms with Gasteiger partial charge < -0.3 is 14.2 Å². The van der Waals surface area contributed by atoms with Crippen LogP contribution in [0, 0.1) is 5.92 Å². The second-order valence-corrected chi connectivity index (χ2v) is 9.93. The normalized spacial score (nSPS) is 23.0. The Morgan fingerprint density at radius 3 is 2.61 bits per heavy atom. The zero-order valence-corrected chi connectivity index (χ0v) is 18.9. The molecule has 2 unspecified atom stereocenters. The van der Waals surface area contributed by atoms with Crippen LogP contribution in [0.3, 0.4) is 0 Å². The van der Waals surface area contributed by atoms with Gasteiger partial charge in [-0.1, -0.05) is 30.3 Å². The molecule has 2 aromatic rings. The summed E-state index contributed by atoms with van der Waals surface area (Å²) in [5.74, 6) is 1.13. The molecule has 0 aliphatic carbocycles. The fourth-order valence-electron chi connectivity index (χ4n) is 4.50. The van der Waals surface area contributed by atoms with E-state index in [0.717, 1.165) is 19.5 Å². The van der Waals surface area contributed by atoms with Crippen molar-refractivity contribution in [3.63, 3.8) is 0 Å². The molecular weight excluding hydrogens is 416 g/mol. The Morgan fingerprint density at radius 2 is 1.87 bits per heavy atom. The number of piperidine rings is 1. The monoisotopic (exact) mass is 446 g/mol. The van der Waals surface area contributed by atoms with Crippen molar-refractivity contribution in [1.82, 2.24) is 9.21 Å². The number of sulfonamides is 1. The highest BCUT2D eigenvalue weighted by molar-refractivity contribution is 7.89. The highest BCUT2D eigenvalue weighted by Gasteiger charge is 2.40. The quantitative estimate of drug-likeness (QED) is 0.680. The number of methoxy groups -OCH3 is 2. The summed E-state index contributed by atoms with van der Waals surface area (Å²) in [7, 11) is -0.727. The van der Waals surface area contributed by atoms with Crippen molar-refractivity contribution in [3.05, 3.63) is 54.1 Å². The summed E-state index contributed by atoms with van der Waals surface area (Å²) < 4.78 is 45.3. The standard InChI is InChI=1S/C23H30N2O5S/c1-28-20-8-9-22(29-2)23(14-20)31(26,27)25-11-10-19-17-30-13-12-24(21(19)16-25)15-18-6-4-3-5-7-18/h3-9,14,19,21H,10-13,15-17H2,1-2H3. The first-order chi connectivity index (χ1) is 15.0. The summed E-state index contributed by atoms with van der Waals surface area (Å²) in [5, 5.41) is 0. The molecule has 2 atom stereocenters. The predicted octanol–water partition coefficient (Wildman–Crippen LogP) is 2.62. The van der Waals surface area contributed by atoms with E-state index in [2.05, 4.69) is 17.0 Å². The Hall–Kier alpha value is -2.13. The molecule has 2 saturated heterocycles. The van der Waals surface area contributed by atoms with Gasteiger partial charge in [0, 0.05) is 44.2 Å². The van der Waals surface area contributed by atoms with E-state index in [4.69, 9.17) is 14.2 Å². The molecule has 4 rings (SSSR count). The van der Waals surface area contributed by atoms with Crippen LogP contribution < -0.4 is 9.47 Å². The molecule has 2 fully saturated rings. The average Bonchev–Trinajstić information content (AvgIpc) is 3.01. The van der Waals surface area contributed by atoms with E-state index in [1.165, 1.54) is 25.8 Å². The zero-order valence-electron chi connectivity index (χ0n) is 18.1. The smallest absolute Gasteiger partial charge is 0.246 e. The third-order valence-corrected chi connectivity index (χ3v) is 8.11. The molecule has 8 heteroatoms. The average molecular weight is 447 g/mol.